The molecule has 1 saturated heterocycles. The summed E-state index contributed by atoms with van der Waals surface area (Å²) in [6, 6.07) is 0.659. The van der Waals surface area contributed by atoms with Crippen LogP contribution in [0.2, 0.25) is 0 Å². The SMILES string of the molecule is CC1CN(C)CCCN1CC(CN)CC(C)(C)C. The van der Waals surface area contributed by atoms with Crippen molar-refractivity contribution in [3.8, 4) is 0 Å². The second kappa shape index (κ2) is 6.88. The summed E-state index contributed by atoms with van der Waals surface area (Å²) in [6.07, 6.45) is 2.51. The van der Waals surface area contributed by atoms with Crippen molar-refractivity contribution in [2.45, 2.75) is 46.6 Å². The van der Waals surface area contributed by atoms with Crippen LogP contribution in [-0.4, -0.2) is 55.6 Å². The number of hydrogen-bond acceptors (Lipinski definition) is 3. The Hall–Kier alpha value is -0.120. The van der Waals surface area contributed by atoms with E-state index in [0.29, 0.717) is 17.4 Å². The zero-order valence-electron chi connectivity index (χ0n) is 13.1. The van der Waals surface area contributed by atoms with E-state index in [9.17, 15) is 0 Å². The molecule has 0 radical (unpaired) electrons. The van der Waals surface area contributed by atoms with Crippen molar-refractivity contribution >= 4 is 0 Å². The second-order valence-electron chi connectivity index (χ2n) is 7.33. The summed E-state index contributed by atoms with van der Waals surface area (Å²) < 4.78 is 0. The van der Waals surface area contributed by atoms with Crippen molar-refractivity contribution in [2.24, 2.45) is 17.1 Å². The highest BCUT2D eigenvalue weighted by atomic mass is 15.2. The normalized spacial score (nSPS) is 26.0. The topological polar surface area (TPSA) is 32.5 Å². The van der Waals surface area contributed by atoms with Gasteiger partial charge in [0.1, 0.15) is 0 Å². The average Bonchev–Trinajstić information content (AvgIpc) is 2.38. The molecule has 1 aliphatic rings. The Morgan fingerprint density at radius 1 is 1.28 bits per heavy atom. The molecule has 2 atom stereocenters. The molecule has 0 aromatic rings. The van der Waals surface area contributed by atoms with Gasteiger partial charge < -0.3 is 10.6 Å². The quantitative estimate of drug-likeness (QED) is 0.834. The number of nitrogens with zero attached hydrogens (tertiary/aromatic N) is 2. The zero-order chi connectivity index (χ0) is 13.8. The van der Waals surface area contributed by atoms with Gasteiger partial charge in [-0.2, -0.15) is 0 Å². The van der Waals surface area contributed by atoms with Gasteiger partial charge in [0.25, 0.3) is 0 Å². The molecule has 1 rings (SSSR count). The summed E-state index contributed by atoms with van der Waals surface area (Å²) >= 11 is 0. The number of rotatable bonds is 4. The summed E-state index contributed by atoms with van der Waals surface area (Å²) in [5.74, 6) is 0.635. The second-order valence-corrected chi connectivity index (χ2v) is 7.33. The molecule has 2 N–H and O–H groups in total. The van der Waals surface area contributed by atoms with E-state index >= 15 is 0 Å². The Kier molecular flexibility index (Phi) is 6.09. The fourth-order valence-corrected chi connectivity index (χ4v) is 3.11. The molecule has 2 unspecified atom stereocenters. The fourth-order valence-electron chi connectivity index (χ4n) is 3.11. The van der Waals surface area contributed by atoms with E-state index in [0.717, 1.165) is 6.54 Å². The van der Waals surface area contributed by atoms with Gasteiger partial charge in [-0.15, -0.1) is 0 Å². The highest BCUT2D eigenvalue weighted by molar-refractivity contribution is 4.79. The van der Waals surface area contributed by atoms with Crippen LogP contribution in [0.4, 0.5) is 0 Å². The Balaban J connectivity index is 2.52. The van der Waals surface area contributed by atoms with Gasteiger partial charge >= 0.3 is 0 Å². The van der Waals surface area contributed by atoms with Crippen LogP contribution in [-0.2, 0) is 0 Å². The first-order valence-corrected chi connectivity index (χ1v) is 7.44. The number of hydrogen-bond donors (Lipinski definition) is 1. The third kappa shape index (κ3) is 5.68. The third-order valence-electron chi connectivity index (χ3n) is 3.91. The fraction of sp³-hybridized carbons (Fsp3) is 1.00. The summed E-state index contributed by atoms with van der Waals surface area (Å²) in [6.45, 7) is 14.9. The van der Waals surface area contributed by atoms with E-state index in [-0.39, 0.29) is 0 Å². The third-order valence-corrected chi connectivity index (χ3v) is 3.91. The average molecular weight is 255 g/mol. The van der Waals surface area contributed by atoms with Crippen LogP contribution in [0.1, 0.15) is 40.5 Å². The van der Waals surface area contributed by atoms with E-state index in [1.165, 1.54) is 39.0 Å². The van der Waals surface area contributed by atoms with Crippen LogP contribution >= 0.6 is 0 Å². The van der Waals surface area contributed by atoms with Crippen LogP contribution in [0.25, 0.3) is 0 Å². The number of likely N-dealkylation sites (N-methyl/N-ethyl adjacent to an activating group) is 1. The van der Waals surface area contributed by atoms with Gasteiger partial charge in [0, 0.05) is 19.1 Å². The lowest BCUT2D eigenvalue weighted by atomic mass is 9.84. The van der Waals surface area contributed by atoms with E-state index < -0.39 is 0 Å². The van der Waals surface area contributed by atoms with Crippen LogP contribution in [0.3, 0.4) is 0 Å². The molecule has 0 spiro atoms. The Morgan fingerprint density at radius 3 is 2.50 bits per heavy atom. The van der Waals surface area contributed by atoms with Gasteiger partial charge in [-0.05, 0) is 57.8 Å². The van der Waals surface area contributed by atoms with Crippen molar-refractivity contribution in [3.05, 3.63) is 0 Å². The minimum atomic E-state index is 0.385. The Bertz CT molecular complexity index is 234. The molecule has 0 aliphatic carbocycles. The molecular formula is C15H33N3. The predicted octanol–water partition coefficient (Wildman–Crippen LogP) is 2.02. The molecule has 3 nitrogen and oxygen atoms in total. The minimum Gasteiger partial charge on any atom is -0.330 e. The molecular weight excluding hydrogens is 222 g/mol. The van der Waals surface area contributed by atoms with Crippen LogP contribution < -0.4 is 5.73 Å². The zero-order valence-corrected chi connectivity index (χ0v) is 13.1. The van der Waals surface area contributed by atoms with E-state index in [1.807, 2.05) is 0 Å². The summed E-state index contributed by atoms with van der Waals surface area (Å²) in [5, 5.41) is 0. The number of nitrogens with two attached hydrogens (primary N) is 1. The predicted molar refractivity (Wildman–Crippen MR) is 79.8 cm³/mol. The molecule has 1 aliphatic heterocycles. The molecule has 0 aromatic carbocycles. The van der Waals surface area contributed by atoms with Gasteiger partial charge in [0.2, 0.25) is 0 Å². The first kappa shape index (κ1) is 15.9. The van der Waals surface area contributed by atoms with Crippen LogP contribution in [0.5, 0.6) is 0 Å². The van der Waals surface area contributed by atoms with Gasteiger partial charge in [0.15, 0.2) is 0 Å². The monoisotopic (exact) mass is 255 g/mol. The van der Waals surface area contributed by atoms with E-state index in [4.69, 9.17) is 5.73 Å². The first-order chi connectivity index (χ1) is 8.31. The first-order valence-electron chi connectivity index (χ1n) is 7.44. The van der Waals surface area contributed by atoms with Crippen LogP contribution in [0.15, 0.2) is 0 Å². The van der Waals surface area contributed by atoms with E-state index in [1.54, 1.807) is 0 Å². The molecule has 0 aromatic heterocycles. The molecule has 3 heteroatoms. The van der Waals surface area contributed by atoms with Crippen molar-refractivity contribution in [1.29, 1.82) is 0 Å². The highest BCUT2D eigenvalue weighted by Crippen LogP contribution is 2.25. The smallest absolute Gasteiger partial charge is 0.0194 e. The lowest BCUT2D eigenvalue weighted by Crippen LogP contribution is -2.42. The maximum absolute atomic E-state index is 5.97. The highest BCUT2D eigenvalue weighted by Gasteiger charge is 2.24. The molecule has 0 bridgehead atoms. The minimum absolute atomic E-state index is 0.385. The molecule has 0 saturated carbocycles. The largest absolute Gasteiger partial charge is 0.330 e. The van der Waals surface area contributed by atoms with Crippen LogP contribution in [0, 0.1) is 11.3 Å². The van der Waals surface area contributed by atoms with Crippen molar-refractivity contribution in [3.63, 3.8) is 0 Å². The lowest BCUT2D eigenvalue weighted by molar-refractivity contribution is 0.154. The Morgan fingerprint density at radius 2 is 1.94 bits per heavy atom. The van der Waals surface area contributed by atoms with E-state index in [2.05, 4.69) is 44.5 Å². The summed E-state index contributed by atoms with van der Waals surface area (Å²) in [7, 11) is 2.23. The van der Waals surface area contributed by atoms with Crippen molar-refractivity contribution in [1.82, 2.24) is 9.80 Å². The van der Waals surface area contributed by atoms with Crippen molar-refractivity contribution in [2.75, 3.05) is 39.8 Å². The standard InChI is InChI=1S/C15H33N3/c1-13-11-17(5)7-6-8-18(13)12-14(10-16)9-15(2,3)4/h13-14H,6-12,16H2,1-5H3. The summed E-state index contributed by atoms with van der Waals surface area (Å²) in [4.78, 5) is 5.10. The Labute approximate surface area is 114 Å². The van der Waals surface area contributed by atoms with Crippen molar-refractivity contribution < 1.29 is 0 Å². The van der Waals surface area contributed by atoms with Gasteiger partial charge in [-0.1, -0.05) is 20.8 Å². The maximum atomic E-state index is 5.97. The van der Waals surface area contributed by atoms with Gasteiger partial charge in [0.05, 0.1) is 0 Å². The van der Waals surface area contributed by atoms with Gasteiger partial charge in [-0.3, -0.25) is 4.90 Å². The molecule has 1 heterocycles. The lowest BCUT2D eigenvalue weighted by Gasteiger charge is -2.33. The maximum Gasteiger partial charge on any atom is 0.0194 e. The van der Waals surface area contributed by atoms with Gasteiger partial charge in [-0.25, -0.2) is 0 Å². The molecule has 1 fully saturated rings. The molecule has 0 amide bonds. The summed E-state index contributed by atoms with van der Waals surface area (Å²) in [5.41, 5.74) is 6.36. The molecule has 108 valence electrons. The molecule has 18 heavy (non-hydrogen) atoms.